The van der Waals surface area contributed by atoms with E-state index >= 15 is 0 Å². The molecule has 1 unspecified atom stereocenters. The van der Waals surface area contributed by atoms with E-state index in [1.807, 2.05) is 0 Å². The van der Waals surface area contributed by atoms with Crippen LogP contribution in [0.2, 0.25) is 0 Å². The van der Waals surface area contributed by atoms with Gasteiger partial charge in [-0.05, 0) is 52.7 Å². The van der Waals surface area contributed by atoms with E-state index in [-0.39, 0.29) is 5.54 Å². The van der Waals surface area contributed by atoms with Crippen molar-refractivity contribution in [2.24, 2.45) is 5.92 Å². The highest BCUT2D eigenvalue weighted by Gasteiger charge is 2.36. The van der Waals surface area contributed by atoms with Gasteiger partial charge in [0.15, 0.2) is 0 Å². The second kappa shape index (κ2) is 6.88. The van der Waals surface area contributed by atoms with Crippen LogP contribution in [0.4, 0.5) is 0 Å². The molecule has 0 saturated carbocycles. The molecule has 5 heteroatoms. The Morgan fingerprint density at radius 2 is 1.95 bits per heavy atom. The van der Waals surface area contributed by atoms with Crippen LogP contribution in [-0.2, 0) is 13.0 Å². The van der Waals surface area contributed by atoms with Crippen molar-refractivity contribution in [1.82, 2.24) is 25.0 Å². The number of likely N-dealkylation sites (N-methyl/N-ethyl adjacent to an activating group) is 1. The molecule has 0 bridgehead atoms. The highest BCUT2D eigenvalue weighted by Crippen LogP contribution is 2.26. The van der Waals surface area contributed by atoms with Crippen LogP contribution in [0.25, 0.3) is 0 Å². The highest BCUT2D eigenvalue weighted by atomic mass is 15.3. The minimum Gasteiger partial charge on any atom is -0.315 e. The van der Waals surface area contributed by atoms with Crippen molar-refractivity contribution < 1.29 is 0 Å². The van der Waals surface area contributed by atoms with E-state index in [1.54, 1.807) is 6.33 Å². The lowest BCUT2D eigenvalue weighted by atomic mass is 9.90. The summed E-state index contributed by atoms with van der Waals surface area (Å²) in [7, 11) is 2.06. The molecule has 2 rings (SSSR count). The van der Waals surface area contributed by atoms with Gasteiger partial charge in [0.25, 0.3) is 0 Å². The lowest BCUT2D eigenvalue weighted by Gasteiger charge is -2.42. The van der Waals surface area contributed by atoms with Crippen molar-refractivity contribution in [3.05, 3.63) is 12.2 Å². The quantitative estimate of drug-likeness (QED) is 0.834. The maximum absolute atomic E-state index is 4.49. The number of rotatable bonds is 7. The van der Waals surface area contributed by atoms with Crippen LogP contribution in [0, 0.1) is 5.92 Å². The van der Waals surface area contributed by atoms with E-state index in [9.17, 15) is 0 Å². The molecule has 2 heterocycles. The summed E-state index contributed by atoms with van der Waals surface area (Å²) in [5.41, 5.74) is 0.139. The minimum atomic E-state index is 0.139. The Kier molecular flexibility index (Phi) is 5.38. The molecule has 0 amide bonds. The van der Waals surface area contributed by atoms with Crippen LogP contribution in [0.5, 0.6) is 0 Å². The van der Waals surface area contributed by atoms with Gasteiger partial charge in [0.1, 0.15) is 12.2 Å². The first kappa shape index (κ1) is 16.4. The summed E-state index contributed by atoms with van der Waals surface area (Å²) >= 11 is 0. The topological polar surface area (TPSA) is 46.0 Å². The molecule has 21 heavy (non-hydrogen) atoms. The summed E-state index contributed by atoms with van der Waals surface area (Å²) in [6.07, 6.45) is 5.26. The van der Waals surface area contributed by atoms with Gasteiger partial charge in [-0.25, -0.2) is 9.67 Å². The summed E-state index contributed by atoms with van der Waals surface area (Å²) in [4.78, 5) is 7.10. The molecule has 1 aromatic heterocycles. The molecular weight excluding hydrogens is 262 g/mol. The molecule has 0 spiro atoms. The molecule has 1 N–H and O–H groups in total. The van der Waals surface area contributed by atoms with E-state index < -0.39 is 0 Å². The van der Waals surface area contributed by atoms with Gasteiger partial charge in [-0.2, -0.15) is 5.10 Å². The molecule has 0 aromatic carbocycles. The van der Waals surface area contributed by atoms with Crippen LogP contribution >= 0.6 is 0 Å². The van der Waals surface area contributed by atoms with E-state index in [1.165, 1.54) is 25.9 Å². The molecule has 1 aliphatic heterocycles. The second-order valence-electron chi connectivity index (χ2n) is 7.15. The van der Waals surface area contributed by atoms with Gasteiger partial charge in [-0.1, -0.05) is 13.8 Å². The zero-order valence-corrected chi connectivity index (χ0v) is 14.3. The first-order valence-corrected chi connectivity index (χ1v) is 8.24. The number of hydrogen-bond donors (Lipinski definition) is 1. The molecule has 0 aliphatic carbocycles. The van der Waals surface area contributed by atoms with Crippen molar-refractivity contribution in [2.75, 3.05) is 20.1 Å². The molecule has 0 radical (unpaired) electrons. The van der Waals surface area contributed by atoms with Crippen molar-refractivity contribution in [3.8, 4) is 0 Å². The maximum atomic E-state index is 4.49. The molecule has 1 aliphatic rings. The number of nitrogens with zero attached hydrogens (tertiary/aromatic N) is 4. The molecule has 5 nitrogen and oxygen atoms in total. The number of hydrogen-bond acceptors (Lipinski definition) is 4. The SMILES string of the molecule is CNC(Cc1ncnn1CC(C)C)C(C)(C)N1CCCC1. The van der Waals surface area contributed by atoms with Crippen molar-refractivity contribution in [3.63, 3.8) is 0 Å². The summed E-state index contributed by atoms with van der Waals surface area (Å²) in [5.74, 6) is 1.68. The predicted molar refractivity (Wildman–Crippen MR) is 86.3 cm³/mol. The van der Waals surface area contributed by atoms with Gasteiger partial charge in [0, 0.05) is 24.5 Å². The van der Waals surface area contributed by atoms with Crippen LogP contribution in [-0.4, -0.2) is 51.4 Å². The van der Waals surface area contributed by atoms with Crippen LogP contribution < -0.4 is 5.32 Å². The normalized spacial score (nSPS) is 18.6. The number of nitrogens with one attached hydrogen (secondary N) is 1. The van der Waals surface area contributed by atoms with Gasteiger partial charge in [0.2, 0.25) is 0 Å². The van der Waals surface area contributed by atoms with E-state index in [2.05, 4.69) is 59.7 Å². The van der Waals surface area contributed by atoms with E-state index in [0.717, 1.165) is 18.8 Å². The number of likely N-dealkylation sites (tertiary alicyclic amines) is 1. The molecule has 1 fully saturated rings. The second-order valence-corrected chi connectivity index (χ2v) is 7.15. The van der Waals surface area contributed by atoms with E-state index in [0.29, 0.717) is 12.0 Å². The first-order valence-electron chi connectivity index (χ1n) is 8.24. The van der Waals surface area contributed by atoms with Gasteiger partial charge in [0.05, 0.1) is 0 Å². The Balaban J connectivity index is 2.09. The summed E-state index contributed by atoms with van der Waals surface area (Å²) in [6, 6.07) is 0.380. The lowest BCUT2D eigenvalue weighted by Crippen LogP contribution is -2.57. The highest BCUT2D eigenvalue weighted by molar-refractivity contribution is 5.01. The zero-order valence-electron chi connectivity index (χ0n) is 14.3. The summed E-state index contributed by atoms with van der Waals surface area (Å²) in [6.45, 7) is 12.5. The van der Waals surface area contributed by atoms with Crippen LogP contribution in [0.1, 0.15) is 46.4 Å². The average molecular weight is 293 g/mol. The maximum Gasteiger partial charge on any atom is 0.138 e. The fraction of sp³-hybridized carbons (Fsp3) is 0.875. The summed E-state index contributed by atoms with van der Waals surface area (Å²) < 4.78 is 2.06. The van der Waals surface area contributed by atoms with Crippen LogP contribution in [0.3, 0.4) is 0 Å². The van der Waals surface area contributed by atoms with Gasteiger partial charge >= 0.3 is 0 Å². The monoisotopic (exact) mass is 293 g/mol. The Labute approximate surface area is 129 Å². The smallest absolute Gasteiger partial charge is 0.138 e. The molecule has 1 aromatic rings. The van der Waals surface area contributed by atoms with Crippen molar-refractivity contribution in [2.45, 2.75) is 65.1 Å². The third kappa shape index (κ3) is 3.83. The third-order valence-corrected chi connectivity index (χ3v) is 4.74. The van der Waals surface area contributed by atoms with Crippen LogP contribution in [0.15, 0.2) is 6.33 Å². The minimum absolute atomic E-state index is 0.139. The van der Waals surface area contributed by atoms with Crippen molar-refractivity contribution in [1.29, 1.82) is 0 Å². The Hall–Kier alpha value is -0.940. The summed E-state index contributed by atoms with van der Waals surface area (Å²) in [5, 5.41) is 7.90. The fourth-order valence-corrected chi connectivity index (χ4v) is 3.35. The zero-order chi connectivity index (χ0) is 15.5. The largest absolute Gasteiger partial charge is 0.315 e. The molecule has 1 atom stereocenters. The van der Waals surface area contributed by atoms with Gasteiger partial charge in [-0.15, -0.1) is 0 Å². The predicted octanol–water partition coefficient (Wildman–Crippen LogP) is 1.94. The molecule has 1 saturated heterocycles. The average Bonchev–Trinajstić information content (AvgIpc) is 3.06. The van der Waals surface area contributed by atoms with Gasteiger partial charge < -0.3 is 5.32 Å². The Morgan fingerprint density at radius 3 is 2.52 bits per heavy atom. The lowest BCUT2D eigenvalue weighted by molar-refractivity contribution is 0.108. The molecular formula is C16H31N5. The third-order valence-electron chi connectivity index (χ3n) is 4.74. The van der Waals surface area contributed by atoms with Crippen molar-refractivity contribution >= 4 is 0 Å². The number of aromatic nitrogens is 3. The Bertz CT molecular complexity index is 432. The Morgan fingerprint density at radius 1 is 1.29 bits per heavy atom. The fourth-order valence-electron chi connectivity index (χ4n) is 3.35. The standard InChI is InChI=1S/C16H31N5/c1-13(2)11-21-15(18-12-19-21)10-14(17-5)16(3,4)20-8-6-7-9-20/h12-14,17H,6-11H2,1-5H3. The van der Waals surface area contributed by atoms with Gasteiger partial charge in [-0.3, -0.25) is 4.90 Å². The first-order chi connectivity index (χ1) is 9.95. The van der Waals surface area contributed by atoms with E-state index in [4.69, 9.17) is 0 Å². The molecule has 120 valence electrons.